The van der Waals surface area contributed by atoms with Gasteiger partial charge in [0.15, 0.2) is 0 Å². The van der Waals surface area contributed by atoms with Gasteiger partial charge >= 0.3 is 5.97 Å². The van der Waals surface area contributed by atoms with Crippen LogP contribution in [-0.2, 0) is 4.79 Å². The first kappa shape index (κ1) is 12.5. The lowest BCUT2D eigenvalue weighted by Crippen LogP contribution is -2.67. The van der Waals surface area contributed by atoms with Gasteiger partial charge in [-0.3, -0.25) is 9.69 Å². The van der Waals surface area contributed by atoms with Crippen LogP contribution in [0.25, 0.3) is 0 Å². The van der Waals surface area contributed by atoms with Crippen molar-refractivity contribution in [3.05, 3.63) is 0 Å². The SMILES string of the molecule is O=C(O)C1(N2CC3(CCCC3)C2)CCCCCC1. The molecule has 2 aliphatic carbocycles. The molecule has 3 fully saturated rings. The molecule has 0 unspecified atom stereocenters. The summed E-state index contributed by atoms with van der Waals surface area (Å²) in [5.41, 5.74) is -0.000899. The maximum atomic E-state index is 11.8. The van der Waals surface area contributed by atoms with Crippen LogP contribution >= 0.6 is 0 Å². The third-order valence-corrected chi connectivity index (χ3v) is 5.65. The summed E-state index contributed by atoms with van der Waals surface area (Å²) in [6.07, 6.45) is 11.7. The van der Waals surface area contributed by atoms with Gasteiger partial charge in [0.25, 0.3) is 0 Å². The normalized spacial score (nSPS) is 30.9. The molecule has 0 atom stereocenters. The molecular weight excluding hydrogens is 226 g/mol. The number of carbonyl (C=O) groups is 1. The van der Waals surface area contributed by atoms with Crippen LogP contribution in [0.3, 0.4) is 0 Å². The van der Waals surface area contributed by atoms with Crippen molar-refractivity contribution >= 4 is 5.97 Å². The van der Waals surface area contributed by atoms with Gasteiger partial charge in [0.05, 0.1) is 0 Å². The van der Waals surface area contributed by atoms with Crippen LogP contribution in [0.1, 0.15) is 64.2 Å². The van der Waals surface area contributed by atoms with Crippen LogP contribution in [0, 0.1) is 5.41 Å². The molecule has 1 heterocycles. The van der Waals surface area contributed by atoms with E-state index in [9.17, 15) is 9.90 Å². The molecular formula is C15H25NO2. The topological polar surface area (TPSA) is 40.5 Å². The Kier molecular flexibility index (Phi) is 3.13. The monoisotopic (exact) mass is 251 g/mol. The van der Waals surface area contributed by atoms with Gasteiger partial charge in [0, 0.05) is 13.1 Å². The van der Waals surface area contributed by atoms with Crippen molar-refractivity contribution in [1.82, 2.24) is 4.90 Å². The molecule has 0 amide bonds. The van der Waals surface area contributed by atoms with E-state index in [4.69, 9.17) is 0 Å². The van der Waals surface area contributed by atoms with Crippen LogP contribution in [0.15, 0.2) is 0 Å². The van der Waals surface area contributed by atoms with E-state index in [2.05, 4.69) is 4.90 Å². The van der Waals surface area contributed by atoms with Crippen molar-refractivity contribution in [2.24, 2.45) is 5.41 Å². The fourth-order valence-electron chi connectivity index (χ4n) is 4.49. The zero-order valence-corrected chi connectivity index (χ0v) is 11.3. The minimum Gasteiger partial charge on any atom is -0.480 e. The summed E-state index contributed by atoms with van der Waals surface area (Å²) in [5, 5.41) is 9.74. The maximum Gasteiger partial charge on any atom is 0.324 e. The van der Waals surface area contributed by atoms with Gasteiger partial charge in [-0.25, -0.2) is 0 Å². The Morgan fingerprint density at radius 1 is 0.833 bits per heavy atom. The lowest BCUT2D eigenvalue weighted by molar-refractivity contribution is -0.165. The van der Waals surface area contributed by atoms with Gasteiger partial charge in [-0.1, -0.05) is 38.5 Å². The van der Waals surface area contributed by atoms with Gasteiger partial charge in [0.1, 0.15) is 5.54 Å². The number of nitrogens with zero attached hydrogens (tertiary/aromatic N) is 1. The molecule has 3 heteroatoms. The first-order valence-corrected chi connectivity index (χ1v) is 7.66. The fourth-order valence-corrected chi connectivity index (χ4v) is 4.49. The fraction of sp³-hybridized carbons (Fsp3) is 0.933. The molecule has 102 valence electrons. The molecule has 3 aliphatic rings. The summed E-state index contributed by atoms with van der Waals surface area (Å²) in [6.45, 7) is 2.11. The molecule has 2 saturated carbocycles. The number of rotatable bonds is 2. The Bertz CT molecular complexity index is 317. The van der Waals surface area contributed by atoms with Crippen LogP contribution < -0.4 is 0 Å². The zero-order valence-electron chi connectivity index (χ0n) is 11.3. The van der Waals surface area contributed by atoms with Crippen molar-refractivity contribution in [2.45, 2.75) is 69.7 Å². The minimum absolute atomic E-state index is 0.509. The molecule has 0 aromatic carbocycles. The third-order valence-electron chi connectivity index (χ3n) is 5.65. The summed E-state index contributed by atoms with van der Waals surface area (Å²) in [6, 6.07) is 0. The average Bonchev–Trinajstić information content (AvgIpc) is 2.66. The summed E-state index contributed by atoms with van der Waals surface area (Å²) >= 11 is 0. The highest BCUT2D eigenvalue weighted by Gasteiger charge is 2.55. The van der Waals surface area contributed by atoms with E-state index in [1.807, 2.05) is 0 Å². The average molecular weight is 251 g/mol. The third kappa shape index (κ3) is 1.87. The highest BCUT2D eigenvalue weighted by Crippen LogP contribution is 2.50. The van der Waals surface area contributed by atoms with E-state index in [1.165, 1.54) is 38.5 Å². The first-order chi connectivity index (χ1) is 8.67. The molecule has 3 rings (SSSR count). The van der Waals surface area contributed by atoms with Gasteiger partial charge in [-0.2, -0.15) is 0 Å². The molecule has 1 saturated heterocycles. The van der Waals surface area contributed by atoms with E-state index in [0.717, 1.165) is 38.8 Å². The number of hydrogen-bond donors (Lipinski definition) is 1. The molecule has 0 radical (unpaired) electrons. The van der Waals surface area contributed by atoms with Gasteiger partial charge < -0.3 is 5.11 Å². The number of likely N-dealkylation sites (tertiary alicyclic amines) is 1. The van der Waals surface area contributed by atoms with Crippen LogP contribution in [0.4, 0.5) is 0 Å². The van der Waals surface area contributed by atoms with Gasteiger partial charge in [0.2, 0.25) is 0 Å². The molecule has 0 aromatic rings. The Balaban J connectivity index is 1.73. The highest BCUT2D eigenvalue weighted by molar-refractivity contribution is 5.79. The molecule has 3 nitrogen and oxygen atoms in total. The highest BCUT2D eigenvalue weighted by atomic mass is 16.4. The summed E-state index contributed by atoms with van der Waals surface area (Å²) < 4.78 is 0. The molecule has 0 bridgehead atoms. The largest absolute Gasteiger partial charge is 0.480 e. The van der Waals surface area contributed by atoms with Crippen LogP contribution in [0.5, 0.6) is 0 Å². The maximum absolute atomic E-state index is 11.8. The standard InChI is InChI=1S/C15H25NO2/c17-13(18)15(9-3-1-2-4-10-15)16-11-14(12-16)7-5-6-8-14/h1-12H2,(H,17,18). The van der Waals surface area contributed by atoms with Crippen LogP contribution in [-0.4, -0.2) is 34.6 Å². The number of carboxylic acids is 1. The second-order valence-corrected chi connectivity index (χ2v) is 6.81. The summed E-state index contributed by atoms with van der Waals surface area (Å²) in [4.78, 5) is 14.1. The number of carboxylic acid groups (broad SMARTS) is 1. The smallest absolute Gasteiger partial charge is 0.324 e. The van der Waals surface area contributed by atoms with E-state index < -0.39 is 11.5 Å². The molecule has 0 aromatic heterocycles. The van der Waals surface area contributed by atoms with Gasteiger partial charge in [-0.05, 0) is 31.1 Å². The Morgan fingerprint density at radius 2 is 1.33 bits per heavy atom. The lowest BCUT2D eigenvalue weighted by Gasteiger charge is -2.56. The first-order valence-electron chi connectivity index (χ1n) is 7.66. The second-order valence-electron chi connectivity index (χ2n) is 6.81. The molecule has 1 spiro atoms. The zero-order chi connectivity index (χ0) is 12.6. The summed E-state index contributed by atoms with van der Waals surface area (Å²) in [5.74, 6) is -0.558. The molecule has 1 N–H and O–H groups in total. The summed E-state index contributed by atoms with van der Waals surface area (Å²) in [7, 11) is 0. The van der Waals surface area contributed by atoms with E-state index in [0.29, 0.717) is 5.41 Å². The van der Waals surface area contributed by atoms with Crippen LogP contribution in [0.2, 0.25) is 0 Å². The lowest BCUT2D eigenvalue weighted by atomic mass is 9.73. The quantitative estimate of drug-likeness (QED) is 0.767. The Labute approximate surface area is 110 Å². The van der Waals surface area contributed by atoms with Crippen molar-refractivity contribution in [2.75, 3.05) is 13.1 Å². The number of aliphatic carboxylic acids is 1. The number of hydrogen-bond acceptors (Lipinski definition) is 2. The van der Waals surface area contributed by atoms with Crippen molar-refractivity contribution in [3.8, 4) is 0 Å². The minimum atomic E-state index is -0.558. The second kappa shape index (κ2) is 4.52. The van der Waals surface area contributed by atoms with E-state index in [-0.39, 0.29) is 0 Å². The van der Waals surface area contributed by atoms with Crippen molar-refractivity contribution in [1.29, 1.82) is 0 Å². The van der Waals surface area contributed by atoms with Gasteiger partial charge in [-0.15, -0.1) is 0 Å². The van der Waals surface area contributed by atoms with E-state index >= 15 is 0 Å². The van der Waals surface area contributed by atoms with Crippen molar-refractivity contribution in [3.63, 3.8) is 0 Å². The predicted molar refractivity (Wildman–Crippen MR) is 70.5 cm³/mol. The molecule has 18 heavy (non-hydrogen) atoms. The Morgan fingerprint density at radius 3 is 1.83 bits per heavy atom. The molecule has 1 aliphatic heterocycles. The van der Waals surface area contributed by atoms with Crippen molar-refractivity contribution < 1.29 is 9.90 Å². The Hall–Kier alpha value is -0.570. The van der Waals surface area contributed by atoms with E-state index in [1.54, 1.807) is 0 Å². The predicted octanol–water partition coefficient (Wildman–Crippen LogP) is 3.04.